The van der Waals surface area contributed by atoms with Crippen molar-refractivity contribution in [1.82, 2.24) is 31.0 Å². The molecule has 10 atom stereocenters. The zero-order valence-corrected chi connectivity index (χ0v) is 23.5. The molecule has 0 radical (unpaired) electrons. The van der Waals surface area contributed by atoms with Crippen LogP contribution in [-0.2, 0) is 35.1 Å². The van der Waals surface area contributed by atoms with Gasteiger partial charge in [0.05, 0.1) is 18.8 Å². The fourth-order valence-corrected chi connectivity index (χ4v) is 4.92. The average Bonchev–Trinajstić information content (AvgIpc) is 2.97. The lowest BCUT2D eigenvalue weighted by Crippen LogP contribution is -2.68. The summed E-state index contributed by atoms with van der Waals surface area (Å²) in [4.78, 5) is 25.0. The molecule has 0 saturated carbocycles. The Kier molecular flexibility index (Phi) is 10.4. The van der Waals surface area contributed by atoms with Crippen LogP contribution in [0, 0.1) is 6.92 Å². The highest BCUT2D eigenvalue weighted by Gasteiger charge is 2.52. The molecule has 0 spiro atoms. The van der Waals surface area contributed by atoms with E-state index in [4.69, 9.17) is 18.9 Å². The zero-order chi connectivity index (χ0) is 30.6. The Hall–Kier alpha value is -3.22. The molecule has 0 bridgehead atoms. The van der Waals surface area contributed by atoms with Crippen molar-refractivity contribution in [2.75, 3.05) is 13.7 Å². The van der Waals surface area contributed by atoms with Crippen LogP contribution in [0.25, 0.3) is 11.4 Å². The number of nitrogens with one attached hydrogen (secondary N) is 2. The highest BCUT2D eigenvalue weighted by Crippen LogP contribution is 2.30. The van der Waals surface area contributed by atoms with Crippen LogP contribution in [0.1, 0.15) is 25.2 Å². The number of aromatic nitrogens is 4. The number of methoxy groups -OCH3 is 1. The van der Waals surface area contributed by atoms with E-state index in [1.54, 1.807) is 38.1 Å². The third-order valence-electron chi connectivity index (χ3n) is 7.14. The zero-order valence-electron chi connectivity index (χ0n) is 23.5. The molecule has 1 aromatic heterocycles. The van der Waals surface area contributed by atoms with E-state index in [1.165, 1.54) is 14.0 Å². The van der Waals surface area contributed by atoms with Gasteiger partial charge in [-0.15, -0.1) is 20.4 Å². The van der Waals surface area contributed by atoms with Gasteiger partial charge in [0.1, 0.15) is 36.6 Å². The van der Waals surface area contributed by atoms with Gasteiger partial charge in [0.15, 0.2) is 18.2 Å². The number of carbonyl (C=O) groups excluding carboxylic acids is 2. The molecule has 16 nitrogen and oxygen atoms in total. The molecule has 2 aliphatic rings. The fraction of sp³-hybridized carbons (Fsp3) is 0.615. The summed E-state index contributed by atoms with van der Waals surface area (Å²) >= 11 is 0. The predicted molar refractivity (Wildman–Crippen MR) is 141 cm³/mol. The number of aryl methyl sites for hydroxylation is 1. The Morgan fingerprint density at radius 3 is 2.24 bits per heavy atom. The monoisotopic (exact) mass is 592 g/mol. The van der Waals surface area contributed by atoms with Crippen molar-refractivity contribution < 1.29 is 49.0 Å². The Morgan fingerprint density at radius 1 is 0.976 bits per heavy atom. The smallest absolute Gasteiger partial charge is 0.252 e. The maximum atomic E-state index is 13.2. The van der Waals surface area contributed by atoms with E-state index in [1.807, 2.05) is 0 Å². The minimum atomic E-state index is -1.68. The molecule has 6 N–H and O–H groups in total. The van der Waals surface area contributed by atoms with Crippen molar-refractivity contribution in [3.05, 3.63) is 35.7 Å². The molecule has 10 unspecified atom stereocenters. The number of hydrogen-bond acceptors (Lipinski definition) is 14. The number of aliphatic hydroxyl groups is 4. The van der Waals surface area contributed by atoms with E-state index in [-0.39, 0.29) is 6.54 Å². The molecule has 230 valence electrons. The number of hydrogen-bond donors (Lipinski definition) is 6. The molecule has 2 aromatic rings. The Labute approximate surface area is 241 Å². The molecule has 4 rings (SSSR count). The summed E-state index contributed by atoms with van der Waals surface area (Å²) in [5, 5.41) is 63.2. The highest BCUT2D eigenvalue weighted by atomic mass is 16.7. The first kappa shape index (κ1) is 31.7. The van der Waals surface area contributed by atoms with Crippen LogP contribution in [0.5, 0.6) is 0 Å². The van der Waals surface area contributed by atoms with Crippen molar-refractivity contribution >= 4 is 11.8 Å². The van der Waals surface area contributed by atoms with Gasteiger partial charge in [0, 0.05) is 26.1 Å². The van der Waals surface area contributed by atoms with Gasteiger partial charge in [-0.3, -0.25) is 9.59 Å². The molecule has 2 saturated heterocycles. The van der Waals surface area contributed by atoms with Crippen LogP contribution >= 0.6 is 0 Å². The van der Waals surface area contributed by atoms with Crippen LogP contribution in [0.15, 0.2) is 24.3 Å². The summed E-state index contributed by atoms with van der Waals surface area (Å²) in [7, 11) is 1.25. The van der Waals surface area contributed by atoms with Crippen LogP contribution in [0.2, 0.25) is 0 Å². The number of rotatable bonds is 9. The maximum absolute atomic E-state index is 13.2. The second-order valence-corrected chi connectivity index (χ2v) is 10.2. The van der Waals surface area contributed by atoms with Crippen molar-refractivity contribution in [2.24, 2.45) is 0 Å². The Morgan fingerprint density at radius 2 is 1.64 bits per heavy atom. The van der Waals surface area contributed by atoms with E-state index in [2.05, 4.69) is 31.0 Å². The molecule has 2 fully saturated rings. The normalized spacial score (nSPS) is 33.1. The minimum Gasteiger partial charge on any atom is -0.394 e. The van der Waals surface area contributed by atoms with Crippen molar-refractivity contribution in [1.29, 1.82) is 0 Å². The molecular weight excluding hydrogens is 556 g/mol. The number of aliphatic hydroxyl groups excluding tert-OH is 4. The summed E-state index contributed by atoms with van der Waals surface area (Å²) < 4.78 is 22.6. The molecule has 0 aliphatic carbocycles. The molecule has 2 amide bonds. The largest absolute Gasteiger partial charge is 0.394 e. The van der Waals surface area contributed by atoms with Crippen LogP contribution in [0.3, 0.4) is 0 Å². The second kappa shape index (κ2) is 13.8. The first-order chi connectivity index (χ1) is 20.0. The Bertz CT molecular complexity index is 1210. The lowest BCUT2D eigenvalue weighted by Gasteiger charge is -2.47. The van der Waals surface area contributed by atoms with Gasteiger partial charge in [-0.1, -0.05) is 24.3 Å². The summed E-state index contributed by atoms with van der Waals surface area (Å²) in [6.07, 6.45) is -12.0. The summed E-state index contributed by atoms with van der Waals surface area (Å²) in [6.45, 7) is 4.11. The van der Waals surface area contributed by atoms with E-state index in [0.29, 0.717) is 17.2 Å². The fourth-order valence-electron chi connectivity index (χ4n) is 4.92. The van der Waals surface area contributed by atoms with Crippen LogP contribution in [-0.4, -0.2) is 128 Å². The van der Waals surface area contributed by atoms with Crippen molar-refractivity contribution in [2.45, 2.75) is 88.5 Å². The maximum Gasteiger partial charge on any atom is 0.252 e. The third-order valence-corrected chi connectivity index (χ3v) is 7.14. The number of benzene rings is 1. The van der Waals surface area contributed by atoms with Gasteiger partial charge in [-0.25, -0.2) is 0 Å². The SMILES string of the molecule is COC1C(C(=O)NCc2ccc(-c3nnc(C)nn3)cc2)OC(OC2C(O)C(CO)OC(C)C2NC(C)=O)C(O)C1O. The van der Waals surface area contributed by atoms with Crippen molar-refractivity contribution in [3.8, 4) is 11.4 Å². The lowest BCUT2D eigenvalue weighted by molar-refractivity contribution is -0.325. The van der Waals surface area contributed by atoms with Crippen LogP contribution < -0.4 is 10.6 Å². The summed E-state index contributed by atoms with van der Waals surface area (Å²) in [5.74, 6) is -0.298. The van der Waals surface area contributed by atoms with E-state index in [0.717, 1.165) is 5.56 Å². The van der Waals surface area contributed by atoms with Crippen molar-refractivity contribution in [3.63, 3.8) is 0 Å². The predicted octanol–water partition coefficient (Wildman–Crippen LogP) is -2.65. The van der Waals surface area contributed by atoms with Crippen LogP contribution in [0.4, 0.5) is 0 Å². The number of nitrogens with zero attached hydrogens (tertiary/aromatic N) is 4. The minimum absolute atomic E-state index is 0.0871. The standard InChI is InChI=1S/C26H36N6O10/c1-11-17(28-13(3)34)21(18(35)16(10-33)40-11)41-26-20(37)19(36)22(39-4)23(42-26)25(38)27-9-14-5-7-15(8-6-14)24-31-29-12(2)30-32-24/h5-8,11,16-23,26,33,35-37H,9-10H2,1-4H3,(H,27,38)(H,28,34). The number of ether oxygens (including phenoxy) is 4. The second-order valence-electron chi connectivity index (χ2n) is 10.2. The summed E-state index contributed by atoms with van der Waals surface area (Å²) in [6, 6.07) is 6.11. The number of carbonyl (C=O) groups is 2. The van der Waals surface area contributed by atoms with E-state index in [9.17, 15) is 30.0 Å². The Balaban J connectivity index is 1.46. The van der Waals surface area contributed by atoms with Gasteiger partial charge in [-0.2, -0.15) is 0 Å². The van der Waals surface area contributed by atoms with E-state index >= 15 is 0 Å². The van der Waals surface area contributed by atoms with E-state index < -0.39 is 79.6 Å². The molecule has 16 heteroatoms. The number of amides is 2. The van der Waals surface area contributed by atoms with Gasteiger partial charge in [0.25, 0.3) is 5.91 Å². The first-order valence-electron chi connectivity index (χ1n) is 13.4. The summed E-state index contributed by atoms with van der Waals surface area (Å²) in [5.41, 5.74) is 1.41. The average molecular weight is 593 g/mol. The van der Waals surface area contributed by atoms with Gasteiger partial charge < -0.3 is 50.0 Å². The van der Waals surface area contributed by atoms with Gasteiger partial charge in [-0.05, 0) is 19.4 Å². The molecular formula is C26H36N6O10. The lowest BCUT2D eigenvalue weighted by atomic mass is 9.92. The van der Waals surface area contributed by atoms with Gasteiger partial charge >= 0.3 is 0 Å². The third kappa shape index (κ3) is 7.04. The van der Waals surface area contributed by atoms with Gasteiger partial charge in [0.2, 0.25) is 11.7 Å². The quantitative estimate of drug-likeness (QED) is 0.175. The molecule has 1 aromatic carbocycles. The molecule has 2 aliphatic heterocycles. The topological polar surface area (TPSA) is 228 Å². The first-order valence-corrected chi connectivity index (χ1v) is 13.4. The highest BCUT2D eigenvalue weighted by molar-refractivity contribution is 5.81. The molecule has 42 heavy (non-hydrogen) atoms. The molecule has 3 heterocycles.